The molecule has 170 valence electrons. The Bertz CT molecular complexity index is 1470. The van der Waals surface area contributed by atoms with Crippen molar-refractivity contribution in [2.45, 2.75) is 32.0 Å². The zero-order valence-electron chi connectivity index (χ0n) is 17.4. The Morgan fingerprint density at radius 1 is 1.15 bits per heavy atom. The minimum absolute atomic E-state index is 0.0215. The van der Waals surface area contributed by atoms with Crippen molar-refractivity contribution in [2.75, 3.05) is 6.61 Å². The Kier molecular flexibility index (Phi) is 5.59. The Hall–Kier alpha value is -3.30. The molecule has 33 heavy (non-hydrogen) atoms. The van der Waals surface area contributed by atoms with Gasteiger partial charge in [-0.3, -0.25) is 9.36 Å². The van der Waals surface area contributed by atoms with Gasteiger partial charge in [-0.15, -0.1) is 0 Å². The molecule has 1 aliphatic heterocycles. The van der Waals surface area contributed by atoms with E-state index >= 15 is 0 Å². The molecular weight excluding hydrogens is 454 g/mol. The van der Waals surface area contributed by atoms with Gasteiger partial charge in [-0.1, -0.05) is 29.8 Å². The van der Waals surface area contributed by atoms with Crippen molar-refractivity contribution in [3.8, 4) is 5.69 Å². The monoisotopic (exact) mass is 472 g/mol. The molecule has 3 heterocycles. The van der Waals surface area contributed by atoms with E-state index in [1.54, 1.807) is 16.7 Å². The van der Waals surface area contributed by atoms with Crippen LogP contribution in [0.25, 0.3) is 16.9 Å². The van der Waals surface area contributed by atoms with Crippen LogP contribution in [-0.2, 0) is 17.8 Å². The largest absolute Gasteiger partial charge is 0.376 e. The van der Waals surface area contributed by atoms with Crippen molar-refractivity contribution < 1.29 is 13.5 Å². The van der Waals surface area contributed by atoms with Gasteiger partial charge in [-0.2, -0.15) is 0 Å². The third-order valence-electron chi connectivity index (χ3n) is 5.76. The molecule has 0 aliphatic carbocycles. The van der Waals surface area contributed by atoms with Crippen LogP contribution in [0.2, 0.25) is 5.02 Å². The lowest BCUT2D eigenvalue weighted by molar-refractivity contribution is 0.0950. The van der Waals surface area contributed by atoms with E-state index in [9.17, 15) is 18.4 Å². The molecule has 0 spiro atoms. The molecule has 0 N–H and O–H groups in total. The van der Waals surface area contributed by atoms with Crippen LogP contribution in [0.3, 0.4) is 0 Å². The first-order chi connectivity index (χ1) is 15.9. The number of ether oxygens (including phenoxy) is 1. The second-order valence-corrected chi connectivity index (χ2v) is 8.31. The van der Waals surface area contributed by atoms with Crippen LogP contribution in [-0.4, -0.2) is 31.4 Å². The van der Waals surface area contributed by atoms with Crippen molar-refractivity contribution in [3.63, 3.8) is 0 Å². The van der Waals surface area contributed by atoms with Gasteiger partial charge in [0.05, 0.1) is 31.2 Å². The highest BCUT2D eigenvalue weighted by molar-refractivity contribution is 6.31. The summed E-state index contributed by atoms with van der Waals surface area (Å²) in [6.07, 6.45) is 2.63. The third kappa shape index (κ3) is 3.87. The zero-order chi connectivity index (χ0) is 23.1. The fourth-order valence-electron chi connectivity index (χ4n) is 4.14. The van der Waals surface area contributed by atoms with Crippen LogP contribution in [0, 0.1) is 11.6 Å². The minimum Gasteiger partial charge on any atom is -0.376 e. The van der Waals surface area contributed by atoms with Gasteiger partial charge in [0.1, 0.15) is 11.6 Å². The summed E-state index contributed by atoms with van der Waals surface area (Å²) in [6.45, 7) is 0.788. The van der Waals surface area contributed by atoms with Gasteiger partial charge >= 0.3 is 5.69 Å². The maximum Gasteiger partial charge on any atom is 0.337 e. The molecule has 0 unspecified atom stereocenters. The number of halogens is 3. The number of nitrogens with zero attached hydrogens (tertiary/aromatic N) is 4. The van der Waals surface area contributed by atoms with Crippen LogP contribution in [0.15, 0.2) is 58.4 Å². The molecule has 7 nitrogen and oxygen atoms in total. The van der Waals surface area contributed by atoms with Gasteiger partial charge in [0.2, 0.25) is 0 Å². The van der Waals surface area contributed by atoms with Crippen molar-refractivity contribution >= 4 is 22.8 Å². The predicted octanol–water partition coefficient (Wildman–Crippen LogP) is 3.51. The average molecular weight is 473 g/mol. The smallest absolute Gasteiger partial charge is 0.337 e. The first kappa shape index (κ1) is 21.5. The standard InChI is InChI=1S/C23H19ClF2N4O3/c24-17-6-2-1-4-14(17)11-28-13-27-21-20(28)22(31)29(12-16-5-3-9-33-16)23(32)30(21)19-8-7-15(25)10-18(19)26/h1-2,4,6-8,10,13,16H,3,5,9,11-12H2/t16-/m0/s1. The predicted molar refractivity (Wildman–Crippen MR) is 119 cm³/mol. The maximum atomic E-state index is 14.7. The van der Waals surface area contributed by atoms with Gasteiger partial charge in [0, 0.05) is 17.7 Å². The summed E-state index contributed by atoms with van der Waals surface area (Å²) in [5.41, 5.74) is -0.697. The highest BCUT2D eigenvalue weighted by atomic mass is 35.5. The van der Waals surface area contributed by atoms with E-state index in [-0.39, 0.29) is 36.0 Å². The van der Waals surface area contributed by atoms with Crippen molar-refractivity contribution in [2.24, 2.45) is 0 Å². The van der Waals surface area contributed by atoms with Gasteiger partial charge in [0.25, 0.3) is 5.56 Å². The number of hydrogen-bond donors (Lipinski definition) is 0. The van der Waals surface area contributed by atoms with E-state index in [1.807, 2.05) is 12.1 Å². The highest BCUT2D eigenvalue weighted by Gasteiger charge is 2.24. The van der Waals surface area contributed by atoms with E-state index < -0.39 is 22.9 Å². The first-order valence-electron chi connectivity index (χ1n) is 10.4. The van der Waals surface area contributed by atoms with E-state index in [0.717, 1.165) is 33.3 Å². The molecule has 0 radical (unpaired) electrons. The molecule has 0 amide bonds. The van der Waals surface area contributed by atoms with E-state index in [2.05, 4.69) is 4.98 Å². The van der Waals surface area contributed by atoms with E-state index in [0.29, 0.717) is 24.1 Å². The average Bonchev–Trinajstić information content (AvgIpc) is 3.44. The lowest BCUT2D eigenvalue weighted by Crippen LogP contribution is -2.42. The van der Waals surface area contributed by atoms with Crippen molar-refractivity contribution in [1.82, 2.24) is 18.7 Å². The number of fused-ring (bicyclic) bond motifs is 1. The van der Waals surface area contributed by atoms with Crippen LogP contribution >= 0.6 is 11.6 Å². The van der Waals surface area contributed by atoms with E-state index in [4.69, 9.17) is 16.3 Å². The molecule has 1 atom stereocenters. The second-order valence-electron chi connectivity index (χ2n) is 7.90. The summed E-state index contributed by atoms with van der Waals surface area (Å²) in [4.78, 5) is 31.1. The minimum atomic E-state index is -0.943. The SMILES string of the molecule is O=c1c2c(ncn2Cc2ccccc2Cl)n(-c2ccc(F)cc2F)c(=O)n1C[C@@H]1CCCO1. The summed E-state index contributed by atoms with van der Waals surface area (Å²) in [7, 11) is 0. The Morgan fingerprint density at radius 3 is 2.70 bits per heavy atom. The fraction of sp³-hybridized carbons (Fsp3) is 0.261. The first-order valence-corrected chi connectivity index (χ1v) is 10.8. The molecule has 10 heteroatoms. The van der Waals surface area contributed by atoms with E-state index in [1.165, 1.54) is 6.33 Å². The summed E-state index contributed by atoms with van der Waals surface area (Å²) in [5, 5.41) is 0.511. The lowest BCUT2D eigenvalue weighted by atomic mass is 10.2. The lowest BCUT2D eigenvalue weighted by Gasteiger charge is -2.16. The second kappa shape index (κ2) is 8.57. The summed E-state index contributed by atoms with van der Waals surface area (Å²) < 4.78 is 37.5. The molecule has 1 fully saturated rings. The Morgan fingerprint density at radius 2 is 1.97 bits per heavy atom. The van der Waals surface area contributed by atoms with Crippen molar-refractivity contribution in [1.29, 1.82) is 0 Å². The summed E-state index contributed by atoms with van der Waals surface area (Å²) in [5.74, 6) is -1.72. The summed E-state index contributed by atoms with van der Waals surface area (Å²) in [6, 6.07) is 10.0. The Balaban J connectivity index is 1.76. The maximum absolute atomic E-state index is 14.7. The molecule has 1 saturated heterocycles. The quantitative estimate of drug-likeness (QED) is 0.445. The molecule has 1 aliphatic rings. The molecule has 4 aromatic rings. The molecule has 2 aromatic heterocycles. The van der Waals surface area contributed by atoms with Crippen LogP contribution in [0.5, 0.6) is 0 Å². The normalized spacial score (nSPS) is 16.0. The molecular formula is C23H19ClF2N4O3. The molecule has 5 rings (SSSR count). The van der Waals surface area contributed by atoms with Gasteiger partial charge in [-0.25, -0.2) is 23.1 Å². The van der Waals surface area contributed by atoms with Crippen molar-refractivity contribution in [3.05, 3.63) is 91.9 Å². The van der Waals surface area contributed by atoms with Crippen LogP contribution < -0.4 is 11.2 Å². The topological polar surface area (TPSA) is 71.0 Å². The van der Waals surface area contributed by atoms with Gasteiger partial charge in [0.15, 0.2) is 11.2 Å². The molecule has 2 aromatic carbocycles. The molecule has 0 bridgehead atoms. The van der Waals surface area contributed by atoms with Crippen LogP contribution in [0.1, 0.15) is 18.4 Å². The van der Waals surface area contributed by atoms with Crippen LogP contribution in [0.4, 0.5) is 8.78 Å². The summed E-state index contributed by atoms with van der Waals surface area (Å²) >= 11 is 6.29. The number of hydrogen-bond acceptors (Lipinski definition) is 4. The molecule has 0 saturated carbocycles. The third-order valence-corrected chi connectivity index (χ3v) is 6.13. The number of aromatic nitrogens is 4. The highest BCUT2D eigenvalue weighted by Crippen LogP contribution is 2.21. The van der Waals surface area contributed by atoms with Gasteiger partial charge in [-0.05, 0) is 36.6 Å². The zero-order valence-corrected chi connectivity index (χ0v) is 18.1. The number of benzene rings is 2. The fourth-order valence-corrected chi connectivity index (χ4v) is 4.34. The number of rotatable bonds is 5. The Labute approximate surface area is 191 Å². The van der Waals surface area contributed by atoms with Gasteiger partial charge < -0.3 is 9.30 Å². The number of imidazole rings is 1.